The molecule has 0 aromatic carbocycles. The number of likely N-dealkylation sites (N-methyl/N-ethyl adjacent to an activating group) is 1. The van der Waals surface area contributed by atoms with Gasteiger partial charge in [-0.15, -0.1) is 0 Å². The van der Waals surface area contributed by atoms with Crippen LogP contribution in [-0.2, 0) is 4.74 Å². The summed E-state index contributed by atoms with van der Waals surface area (Å²) in [5.74, 6) is 0. The average molecular weight is 212 g/mol. The molecule has 0 spiro atoms. The van der Waals surface area contributed by atoms with Gasteiger partial charge >= 0.3 is 0 Å². The van der Waals surface area contributed by atoms with E-state index in [-0.39, 0.29) is 0 Å². The molecule has 0 radical (unpaired) electrons. The van der Waals surface area contributed by atoms with Gasteiger partial charge in [0.1, 0.15) is 0 Å². The van der Waals surface area contributed by atoms with Crippen LogP contribution in [0.5, 0.6) is 0 Å². The second kappa shape index (κ2) is 5.83. The lowest BCUT2D eigenvalue weighted by molar-refractivity contribution is 0.102. The van der Waals surface area contributed by atoms with Gasteiger partial charge in [-0.2, -0.15) is 0 Å². The van der Waals surface area contributed by atoms with Crippen molar-refractivity contribution in [1.82, 2.24) is 10.2 Å². The van der Waals surface area contributed by atoms with E-state index in [4.69, 9.17) is 4.74 Å². The summed E-state index contributed by atoms with van der Waals surface area (Å²) in [6.07, 6.45) is 6.95. The zero-order valence-corrected chi connectivity index (χ0v) is 9.87. The van der Waals surface area contributed by atoms with Gasteiger partial charge in [-0.3, -0.25) is 0 Å². The number of nitrogens with one attached hydrogen (secondary N) is 1. The van der Waals surface area contributed by atoms with Gasteiger partial charge in [0, 0.05) is 19.2 Å². The third kappa shape index (κ3) is 3.74. The van der Waals surface area contributed by atoms with E-state index in [2.05, 4.69) is 17.3 Å². The molecule has 3 heteroatoms. The number of ether oxygens (including phenoxy) is 1. The first-order valence-electron chi connectivity index (χ1n) is 6.38. The quantitative estimate of drug-likeness (QED) is 0.759. The van der Waals surface area contributed by atoms with Crippen molar-refractivity contribution in [3.05, 3.63) is 0 Å². The Morgan fingerprint density at radius 1 is 1.33 bits per heavy atom. The molecule has 0 saturated carbocycles. The van der Waals surface area contributed by atoms with E-state index in [1.165, 1.54) is 45.2 Å². The predicted octanol–water partition coefficient (Wildman–Crippen LogP) is 1.24. The van der Waals surface area contributed by atoms with Crippen molar-refractivity contribution < 1.29 is 4.74 Å². The largest absolute Gasteiger partial charge is 0.378 e. The average Bonchev–Trinajstić information content (AvgIpc) is 2.71. The summed E-state index contributed by atoms with van der Waals surface area (Å²) < 4.78 is 5.61. The Morgan fingerprint density at radius 2 is 2.27 bits per heavy atom. The Balaban J connectivity index is 1.56. The zero-order valence-electron chi connectivity index (χ0n) is 9.87. The lowest BCUT2D eigenvalue weighted by Gasteiger charge is -2.30. The highest BCUT2D eigenvalue weighted by molar-refractivity contribution is 4.77. The van der Waals surface area contributed by atoms with Crippen LogP contribution in [0, 0.1) is 0 Å². The highest BCUT2D eigenvalue weighted by Crippen LogP contribution is 2.15. The fraction of sp³-hybridized carbons (Fsp3) is 1.00. The van der Waals surface area contributed by atoms with Gasteiger partial charge in [-0.1, -0.05) is 0 Å². The monoisotopic (exact) mass is 212 g/mol. The highest BCUT2D eigenvalue weighted by atomic mass is 16.5. The lowest BCUT2D eigenvalue weighted by atomic mass is 10.1. The number of hydrogen-bond donors (Lipinski definition) is 1. The van der Waals surface area contributed by atoms with Crippen LogP contribution in [-0.4, -0.2) is 50.3 Å². The molecule has 0 aliphatic carbocycles. The topological polar surface area (TPSA) is 24.5 Å². The van der Waals surface area contributed by atoms with E-state index in [9.17, 15) is 0 Å². The summed E-state index contributed by atoms with van der Waals surface area (Å²) in [6.45, 7) is 4.59. The molecule has 2 heterocycles. The number of hydrogen-bond acceptors (Lipinski definition) is 3. The minimum Gasteiger partial charge on any atom is -0.378 e. The maximum absolute atomic E-state index is 5.61. The number of piperidine rings is 1. The smallest absolute Gasteiger partial charge is 0.0588 e. The fourth-order valence-electron chi connectivity index (χ4n) is 2.65. The van der Waals surface area contributed by atoms with Crippen LogP contribution in [0.25, 0.3) is 0 Å². The van der Waals surface area contributed by atoms with Crippen LogP contribution in [0.15, 0.2) is 0 Å². The van der Waals surface area contributed by atoms with E-state index in [0.29, 0.717) is 12.1 Å². The molecule has 15 heavy (non-hydrogen) atoms. The second-order valence-corrected chi connectivity index (χ2v) is 4.98. The molecule has 2 rings (SSSR count). The summed E-state index contributed by atoms with van der Waals surface area (Å²) in [4.78, 5) is 2.42. The number of nitrogens with zero attached hydrogens (tertiary/aromatic N) is 1. The number of rotatable bonds is 4. The number of likely N-dealkylation sites (tertiary alicyclic amines) is 1. The third-order valence-corrected chi connectivity index (χ3v) is 3.55. The van der Waals surface area contributed by atoms with Crippen molar-refractivity contribution in [1.29, 1.82) is 0 Å². The molecular formula is C12H24N2O. The maximum atomic E-state index is 5.61. The highest BCUT2D eigenvalue weighted by Gasteiger charge is 2.18. The van der Waals surface area contributed by atoms with Gasteiger partial charge in [-0.25, -0.2) is 0 Å². The molecule has 2 unspecified atom stereocenters. The molecule has 2 atom stereocenters. The summed E-state index contributed by atoms with van der Waals surface area (Å²) in [5, 5.41) is 3.66. The Kier molecular flexibility index (Phi) is 4.42. The lowest BCUT2D eigenvalue weighted by Crippen LogP contribution is -2.44. The normalized spacial score (nSPS) is 33.4. The Morgan fingerprint density at radius 3 is 3.00 bits per heavy atom. The molecule has 3 nitrogen and oxygen atoms in total. The maximum Gasteiger partial charge on any atom is 0.0588 e. The van der Waals surface area contributed by atoms with Gasteiger partial charge < -0.3 is 15.0 Å². The van der Waals surface area contributed by atoms with Crippen molar-refractivity contribution in [2.45, 2.75) is 44.2 Å². The first-order valence-corrected chi connectivity index (χ1v) is 6.38. The minimum absolute atomic E-state index is 0.541. The van der Waals surface area contributed by atoms with E-state index < -0.39 is 0 Å². The van der Waals surface area contributed by atoms with Crippen LogP contribution in [0.4, 0.5) is 0 Å². The van der Waals surface area contributed by atoms with Crippen LogP contribution in [0.2, 0.25) is 0 Å². The third-order valence-electron chi connectivity index (χ3n) is 3.55. The summed E-state index contributed by atoms with van der Waals surface area (Å²) in [6, 6.07) is 0.713. The molecule has 88 valence electrons. The van der Waals surface area contributed by atoms with E-state index in [1.54, 1.807) is 0 Å². The van der Waals surface area contributed by atoms with Gasteiger partial charge in [0.25, 0.3) is 0 Å². The van der Waals surface area contributed by atoms with Crippen molar-refractivity contribution in [3.63, 3.8) is 0 Å². The molecule has 1 N–H and O–H groups in total. The van der Waals surface area contributed by atoms with Crippen LogP contribution < -0.4 is 5.32 Å². The zero-order chi connectivity index (χ0) is 10.5. The Bertz CT molecular complexity index is 180. The molecule has 0 bridgehead atoms. The van der Waals surface area contributed by atoms with Crippen LogP contribution in [0.3, 0.4) is 0 Å². The SMILES string of the molecule is CN1CCCC(NCCC2CCCO2)C1. The molecule has 2 aliphatic rings. The molecule has 0 aromatic heterocycles. The van der Waals surface area contributed by atoms with E-state index in [1.807, 2.05) is 0 Å². The first kappa shape index (κ1) is 11.4. The van der Waals surface area contributed by atoms with Gasteiger partial charge in [0.2, 0.25) is 0 Å². The Labute approximate surface area is 93.2 Å². The van der Waals surface area contributed by atoms with Gasteiger partial charge in [-0.05, 0) is 52.2 Å². The van der Waals surface area contributed by atoms with Crippen molar-refractivity contribution >= 4 is 0 Å². The van der Waals surface area contributed by atoms with Crippen LogP contribution >= 0.6 is 0 Å². The summed E-state index contributed by atoms with van der Waals surface area (Å²) in [7, 11) is 2.22. The molecule has 2 saturated heterocycles. The summed E-state index contributed by atoms with van der Waals surface area (Å²) in [5.41, 5.74) is 0. The van der Waals surface area contributed by atoms with Crippen molar-refractivity contribution in [2.75, 3.05) is 33.3 Å². The van der Waals surface area contributed by atoms with E-state index in [0.717, 1.165) is 13.2 Å². The van der Waals surface area contributed by atoms with Gasteiger partial charge in [0.05, 0.1) is 6.10 Å². The molecule has 2 aliphatic heterocycles. The Hall–Kier alpha value is -0.120. The van der Waals surface area contributed by atoms with Crippen molar-refractivity contribution in [3.8, 4) is 0 Å². The van der Waals surface area contributed by atoms with E-state index >= 15 is 0 Å². The molecule has 0 aromatic rings. The van der Waals surface area contributed by atoms with Crippen LogP contribution in [0.1, 0.15) is 32.1 Å². The fourth-order valence-corrected chi connectivity index (χ4v) is 2.65. The molecular weight excluding hydrogens is 188 g/mol. The van der Waals surface area contributed by atoms with Crippen molar-refractivity contribution in [2.24, 2.45) is 0 Å². The summed E-state index contributed by atoms with van der Waals surface area (Å²) >= 11 is 0. The predicted molar refractivity (Wildman–Crippen MR) is 62.1 cm³/mol. The second-order valence-electron chi connectivity index (χ2n) is 4.98. The minimum atomic E-state index is 0.541. The first-order chi connectivity index (χ1) is 7.34. The standard InChI is InChI=1S/C12H24N2O/c1-14-8-2-4-11(10-14)13-7-6-12-5-3-9-15-12/h11-13H,2-10H2,1H3. The van der Waals surface area contributed by atoms with Gasteiger partial charge in [0.15, 0.2) is 0 Å². The molecule has 0 amide bonds. The molecule has 2 fully saturated rings.